The van der Waals surface area contributed by atoms with Gasteiger partial charge in [-0.1, -0.05) is 0 Å². The first kappa shape index (κ1) is 18.1. The second-order valence-electron chi connectivity index (χ2n) is 8.63. The fraction of sp³-hybridized carbons (Fsp3) is 0.636. The van der Waals surface area contributed by atoms with E-state index in [2.05, 4.69) is 38.5 Å². The first-order chi connectivity index (χ1) is 13.8. The second kappa shape index (κ2) is 7.84. The van der Waals surface area contributed by atoms with Gasteiger partial charge >= 0.3 is 0 Å². The van der Waals surface area contributed by atoms with Crippen LogP contribution < -0.4 is 10.6 Å². The Morgan fingerprint density at radius 3 is 2.96 bits per heavy atom. The fourth-order valence-corrected chi connectivity index (χ4v) is 5.35. The van der Waals surface area contributed by atoms with Crippen molar-refractivity contribution in [3.63, 3.8) is 0 Å². The van der Waals surface area contributed by atoms with E-state index in [-0.39, 0.29) is 11.8 Å². The molecule has 6 heteroatoms. The molecule has 2 aliphatic carbocycles. The van der Waals surface area contributed by atoms with Gasteiger partial charge in [0.2, 0.25) is 5.91 Å². The Kier molecular flexibility index (Phi) is 5.07. The molecule has 3 fully saturated rings. The van der Waals surface area contributed by atoms with Gasteiger partial charge in [-0.05, 0) is 63.1 Å². The Morgan fingerprint density at radius 2 is 2.07 bits per heavy atom. The zero-order valence-corrected chi connectivity index (χ0v) is 16.3. The number of carbonyl (C=O) groups excluding carboxylic acids is 1. The average molecular weight is 383 g/mol. The molecule has 3 heterocycles. The van der Waals surface area contributed by atoms with Crippen molar-refractivity contribution in [2.45, 2.75) is 69.2 Å². The van der Waals surface area contributed by atoms with E-state index in [0.29, 0.717) is 24.2 Å². The Hall–Kier alpha value is -1.92. The molecule has 0 bridgehead atoms. The van der Waals surface area contributed by atoms with Gasteiger partial charge < -0.3 is 19.9 Å². The van der Waals surface area contributed by atoms with Crippen LogP contribution in [-0.2, 0) is 9.53 Å². The number of hydrogen-bond donors (Lipinski definition) is 2. The molecule has 2 aromatic rings. The second-order valence-corrected chi connectivity index (χ2v) is 8.63. The molecule has 0 unspecified atom stereocenters. The van der Waals surface area contributed by atoms with E-state index in [1.54, 1.807) is 0 Å². The molecular weight excluding hydrogens is 352 g/mol. The predicted molar refractivity (Wildman–Crippen MR) is 108 cm³/mol. The zero-order chi connectivity index (χ0) is 18.9. The highest BCUT2D eigenvalue weighted by atomic mass is 16.5. The zero-order valence-electron chi connectivity index (χ0n) is 16.3. The highest BCUT2D eigenvalue weighted by molar-refractivity contribution is 5.79. The van der Waals surface area contributed by atoms with E-state index in [1.165, 1.54) is 5.39 Å². The van der Waals surface area contributed by atoms with Crippen molar-refractivity contribution in [2.75, 3.05) is 13.2 Å². The van der Waals surface area contributed by atoms with E-state index in [1.807, 2.05) is 12.3 Å². The molecule has 3 aliphatic rings. The molecule has 28 heavy (non-hydrogen) atoms. The lowest BCUT2D eigenvalue weighted by atomic mass is 9.82. The largest absolute Gasteiger partial charge is 0.375 e. The summed E-state index contributed by atoms with van der Waals surface area (Å²) >= 11 is 0. The quantitative estimate of drug-likeness (QED) is 0.857. The minimum atomic E-state index is 0.130. The molecule has 2 saturated carbocycles. The summed E-state index contributed by atoms with van der Waals surface area (Å²) in [6.07, 6.45) is 11.5. The number of morpholine rings is 1. The number of fused-ring (bicyclic) bond motifs is 2. The highest BCUT2D eigenvalue weighted by Crippen LogP contribution is 2.32. The van der Waals surface area contributed by atoms with E-state index in [9.17, 15) is 4.79 Å². The minimum absolute atomic E-state index is 0.130. The maximum Gasteiger partial charge on any atom is 0.223 e. The molecule has 150 valence electrons. The Bertz CT molecular complexity index is 827. The molecule has 1 aliphatic heterocycles. The van der Waals surface area contributed by atoms with Crippen LogP contribution in [0, 0.1) is 5.92 Å². The number of hydrogen-bond acceptors (Lipinski definition) is 4. The Labute approximate surface area is 166 Å². The number of pyridine rings is 1. The summed E-state index contributed by atoms with van der Waals surface area (Å²) in [5, 5.41) is 8.09. The summed E-state index contributed by atoms with van der Waals surface area (Å²) in [6, 6.07) is 7.40. The molecule has 1 amide bonds. The van der Waals surface area contributed by atoms with Crippen molar-refractivity contribution in [1.82, 2.24) is 20.2 Å². The van der Waals surface area contributed by atoms with Gasteiger partial charge in [0, 0.05) is 48.4 Å². The van der Waals surface area contributed by atoms with Gasteiger partial charge in [-0.25, -0.2) is 4.98 Å². The molecule has 6 nitrogen and oxygen atoms in total. The van der Waals surface area contributed by atoms with Gasteiger partial charge in [0.15, 0.2) is 0 Å². The number of aromatic nitrogens is 2. The first-order valence-electron chi connectivity index (χ1n) is 10.8. The fourth-order valence-electron chi connectivity index (χ4n) is 5.35. The summed E-state index contributed by atoms with van der Waals surface area (Å²) < 4.78 is 8.16. The Balaban J connectivity index is 1.15. The third-order valence-corrected chi connectivity index (χ3v) is 6.91. The average Bonchev–Trinajstić information content (AvgIpc) is 3.18. The molecule has 3 atom stereocenters. The van der Waals surface area contributed by atoms with E-state index < -0.39 is 0 Å². The lowest BCUT2D eigenvalue weighted by Crippen LogP contribution is -2.53. The van der Waals surface area contributed by atoms with Gasteiger partial charge in [0.25, 0.3) is 0 Å². The van der Waals surface area contributed by atoms with Crippen LogP contribution in [0.3, 0.4) is 0 Å². The summed E-state index contributed by atoms with van der Waals surface area (Å²) in [5.74, 6) is 0.383. The maximum absolute atomic E-state index is 12.8. The highest BCUT2D eigenvalue weighted by Gasteiger charge is 2.36. The normalized spacial score (nSPS) is 33.4. The lowest BCUT2D eigenvalue weighted by Gasteiger charge is -2.39. The van der Waals surface area contributed by atoms with E-state index >= 15 is 0 Å². The molecule has 1 saturated heterocycles. The van der Waals surface area contributed by atoms with Crippen molar-refractivity contribution in [2.24, 2.45) is 5.92 Å². The number of nitrogens with zero attached hydrogens (tertiary/aromatic N) is 2. The topological polar surface area (TPSA) is 68.2 Å². The van der Waals surface area contributed by atoms with Crippen LogP contribution >= 0.6 is 0 Å². The predicted octanol–water partition coefficient (Wildman–Crippen LogP) is 2.79. The molecule has 2 aromatic heterocycles. The van der Waals surface area contributed by atoms with Gasteiger partial charge in [-0.2, -0.15) is 0 Å². The summed E-state index contributed by atoms with van der Waals surface area (Å²) in [6.45, 7) is 1.70. The molecule has 5 rings (SSSR count). The minimum Gasteiger partial charge on any atom is -0.375 e. The van der Waals surface area contributed by atoms with Crippen LogP contribution in [0.4, 0.5) is 0 Å². The first-order valence-corrected chi connectivity index (χ1v) is 10.8. The maximum atomic E-state index is 12.8. The molecule has 0 radical (unpaired) electrons. The van der Waals surface area contributed by atoms with Crippen LogP contribution in [0.2, 0.25) is 0 Å². The summed E-state index contributed by atoms with van der Waals surface area (Å²) in [4.78, 5) is 17.4. The number of ether oxygens (including phenoxy) is 1. The summed E-state index contributed by atoms with van der Waals surface area (Å²) in [7, 11) is 0. The van der Waals surface area contributed by atoms with Crippen molar-refractivity contribution >= 4 is 16.9 Å². The van der Waals surface area contributed by atoms with Crippen molar-refractivity contribution in [1.29, 1.82) is 0 Å². The number of rotatable bonds is 3. The van der Waals surface area contributed by atoms with Gasteiger partial charge in [0.05, 0.1) is 12.7 Å². The van der Waals surface area contributed by atoms with Crippen molar-refractivity contribution < 1.29 is 9.53 Å². The number of amides is 1. The van der Waals surface area contributed by atoms with Crippen LogP contribution in [0.25, 0.3) is 11.0 Å². The molecule has 0 spiro atoms. The third-order valence-electron chi connectivity index (χ3n) is 6.91. The van der Waals surface area contributed by atoms with Crippen molar-refractivity contribution in [3.8, 4) is 0 Å². The summed E-state index contributed by atoms with van der Waals surface area (Å²) in [5.41, 5.74) is 1.08. The van der Waals surface area contributed by atoms with Gasteiger partial charge in [-0.15, -0.1) is 0 Å². The Morgan fingerprint density at radius 1 is 1.18 bits per heavy atom. The van der Waals surface area contributed by atoms with Crippen LogP contribution in [0.15, 0.2) is 30.6 Å². The smallest absolute Gasteiger partial charge is 0.223 e. The molecule has 0 aromatic carbocycles. The van der Waals surface area contributed by atoms with Crippen LogP contribution in [0.1, 0.15) is 51.0 Å². The van der Waals surface area contributed by atoms with Gasteiger partial charge in [0.1, 0.15) is 5.65 Å². The lowest BCUT2D eigenvalue weighted by molar-refractivity contribution is -0.129. The standard InChI is InChI=1S/C22H30N4O2/c27-22(16-3-8-20-19(14-16)23-11-13-28-20)25-17-4-6-18(7-5-17)26-12-9-15-2-1-10-24-21(15)26/h1-2,9-10,12,16-20,23H,3-8,11,13-14H2,(H,25,27)/t16-,17?,18?,19+,20+/m0/s1. The monoisotopic (exact) mass is 382 g/mol. The molecule has 2 N–H and O–H groups in total. The third kappa shape index (κ3) is 3.55. The van der Waals surface area contributed by atoms with Crippen molar-refractivity contribution in [3.05, 3.63) is 30.6 Å². The van der Waals surface area contributed by atoms with Gasteiger partial charge in [-0.3, -0.25) is 4.79 Å². The SMILES string of the molecule is O=C(NC1CCC(n2ccc3cccnc32)CC1)[C@H]1CC[C@H]2OCCN[C@@H]2C1. The number of nitrogens with one attached hydrogen (secondary N) is 2. The van der Waals surface area contributed by atoms with E-state index in [4.69, 9.17) is 4.74 Å². The van der Waals surface area contributed by atoms with Crippen LogP contribution in [-0.4, -0.2) is 46.8 Å². The van der Waals surface area contributed by atoms with E-state index in [0.717, 1.165) is 63.7 Å². The molecular formula is C22H30N4O2. The van der Waals surface area contributed by atoms with Crippen LogP contribution in [0.5, 0.6) is 0 Å². The number of carbonyl (C=O) groups is 1.